The second kappa shape index (κ2) is 10.7. The largest absolute Gasteiger partial charge is 0.357 e. The number of rotatable bonds is 8. The topological polar surface area (TPSA) is 108 Å². The molecule has 0 aliphatic carbocycles. The molecule has 1 saturated heterocycles. The molecule has 1 aromatic heterocycles. The third kappa shape index (κ3) is 6.99. The van der Waals surface area contributed by atoms with Crippen molar-refractivity contribution in [2.45, 2.75) is 52.6 Å². The normalized spacial score (nSPS) is 16.5. The van der Waals surface area contributed by atoms with E-state index in [1.807, 2.05) is 6.92 Å². The van der Waals surface area contributed by atoms with Crippen molar-refractivity contribution in [3.63, 3.8) is 0 Å². The second-order valence-corrected chi connectivity index (χ2v) is 6.47. The van der Waals surface area contributed by atoms with E-state index in [-0.39, 0.29) is 5.91 Å². The number of hydrogen-bond donors (Lipinski definition) is 3. The molecule has 1 aliphatic rings. The van der Waals surface area contributed by atoms with Gasteiger partial charge >= 0.3 is 0 Å². The standard InChI is InChI=1S/C17H31N7O2/c1-4-8-19-16(25)12-24-9-6-14(7-10-24)22-17(18-5-2)20-11-15-21-13(3)26-23-15/h14H,4-12H2,1-3H3,(H,19,25)(H2,18,20,22). The Labute approximate surface area is 155 Å². The van der Waals surface area contributed by atoms with Gasteiger partial charge in [0, 0.05) is 39.1 Å². The highest BCUT2D eigenvalue weighted by atomic mass is 16.5. The van der Waals surface area contributed by atoms with Crippen LogP contribution in [0.25, 0.3) is 0 Å². The van der Waals surface area contributed by atoms with Crippen LogP contribution in [0.5, 0.6) is 0 Å². The van der Waals surface area contributed by atoms with Crippen LogP contribution in [-0.4, -0.2) is 65.7 Å². The van der Waals surface area contributed by atoms with Crippen molar-refractivity contribution in [3.05, 3.63) is 11.7 Å². The number of amides is 1. The maximum atomic E-state index is 11.8. The molecule has 0 unspecified atom stereocenters. The van der Waals surface area contributed by atoms with Crippen LogP contribution in [0.1, 0.15) is 44.8 Å². The highest BCUT2D eigenvalue weighted by molar-refractivity contribution is 5.80. The van der Waals surface area contributed by atoms with Gasteiger partial charge in [0.25, 0.3) is 0 Å². The number of hydrogen-bond acceptors (Lipinski definition) is 6. The van der Waals surface area contributed by atoms with Gasteiger partial charge in [0.05, 0.1) is 6.54 Å². The highest BCUT2D eigenvalue weighted by Gasteiger charge is 2.21. The molecule has 0 spiro atoms. The molecule has 0 radical (unpaired) electrons. The number of carbonyl (C=O) groups excluding carboxylic acids is 1. The fraction of sp³-hybridized carbons (Fsp3) is 0.765. The SMILES string of the molecule is CCCNC(=O)CN1CCC(NC(=NCc2noc(C)n2)NCC)CC1. The second-order valence-electron chi connectivity index (χ2n) is 6.47. The van der Waals surface area contributed by atoms with E-state index in [1.54, 1.807) is 6.92 Å². The van der Waals surface area contributed by atoms with Crippen LogP contribution in [0.4, 0.5) is 0 Å². The Kier molecular flexibility index (Phi) is 8.33. The van der Waals surface area contributed by atoms with Gasteiger partial charge in [-0.05, 0) is 26.2 Å². The molecule has 0 aromatic carbocycles. The molecule has 1 fully saturated rings. The summed E-state index contributed by atoms with van der Waals surface area (Å²) in [5.74, 6) is 1.99. The quantitative estimate of drug-likeness (QED) is 0.453. The lowest BCUT2D eigenvalue weighted by Gasteiger charge is -2.32. The highest BCUT2D eigenvalue weighted by Crippen LogP contribution is 2.10. The molecule has 9 heteroatoms. The smallest absolute Gasteiger partial charge is 0.234 e. The Balaban J connectivity index is 1.76. The number of aromatic nitrogens is 2. The molecule has 0 atom stereocenters. The zero-order chi connectivity index (χ0) is 18.8. The summed E-state index contributed by atoms with van der Waals surface area (Å²) in [5, 5.41) is 13.5. The van der Waals surface area contributed by atoms with Gasteiger partial charge in [-0.3, -0.25) is 9.69 Å². The lowest BCUT2D eigenvalue weighted by molar-refractivity contribution is -0.122. The Morgan fingerprint density at radius 3 is 2.69 bits per heavy atom. The summed E-state index contributed by atoms with van der Waals surface area (Å²) in [4.78, 5) is 22.7. The molecule has 146 valence electrons. The van der Waals surface area contributed by atoms with Crippen LogP contribution in [0, 0.1) is 6.92 Å². The minimum absolute atomic E-state index is 0.114. The zero-order valence-electron chi connectivity index (χ0n) is 16.0. The summed E-state index contributed by atoms with van der Waals surface area (Å²) < 4.78 is 4.97. The van der Waals surface area contributed by atoms with Gasteiger partial charge in [-0.25, -0.2) is 4.99 Å². The van der Waals surface area contributed by atoms with Crippen LogP contribution >= 0.6 is 0 Å². The summed E-state index contributed by atoms with van der Waals surface area (Å²) >= 11 is 0. The Morgan fingerprint density at radius 2 is 2.08 bits per heavy atom. The molecule has 0 saturated carbocycles. The molecule has 2 heterocycles. The number of nitrogens with zero attached hydrogens (tertiary/aromatic N) is 4. The van der Waals surface area contributed by atoms with Crippen LogP contribution in [0.3, 0.4) is 0 Å². The van der Waals surface area contributed by atoms with Crippen LogP contribution in [-0.2, 0) is 11.3 Å². The first-order valence-corrected chi connectivity index (χ1v) is 9.43. The van der Waals surface area contributed by atoms with E-state index >= 15 is 0 Å². The lowest BCUT2D eigenvalue weighted by atomic mass is 10.1. The Bertz CT molecular complexity index is 579. The number of aliphatic imine (C=N–C) groups is 1. The minimum Gasteiger partial charge on any atom is -0.357 e. The number of nitrogens with one attached hydrogen (secondary N) is 3. The fourth-order valence-corrected chi connectivity index (χ4v) is 2.83. The minimum atomic E-state index is 0.114. The van der Waals surface area contributed by atoms with Gasteiger partial charge < -0.3 is 20.5 Å². The number of piperidine rings is 1. The van der Waals surface area contributed by atoms with E-state index in [0.717, 1.165) is 51.4 Å². The molecule has 9 nitrogen and oxygen atoms in total. The van der Waals surface area contributed by atoms with Crippen molar-refractivity contribution < 1.29 is 9.32 Å². The number of guanidine groups is 1. The van der Waals surface area contributed by atoms with E-state index in [9.17, 15) is 4.79 Å². The van der Waals surface area contributed by atoms with Crippen molar-refractivity contribution in [3.8, 4) is 0 Å². The van der Waals surface area contributed by atoms with Crippen molar-refractivity contribution in [1.29, 1.82) is 0 Å². The Morgan fingerprint density at radius 1 is 1.31 bits per heavy atom. The first-order chi connectivity index (χ1) is 12.6. The van der Waals surface area contributed by atoms with E-state index in [2.05, 4.69) is 42.9 Å². The predicted octanol–water partition coefficient (Wildman–Crippen LogP) is 0.424. The van der Waals surface area contributed by atoms with Gasteiger partial charge in [-0.15, -0.1) is 0 Å². The molecule has 1 amide bonds. The number of likely N-dealkylation sites (tertiary alicyclic amines) is 1. The summed E-state index contributed by atoms with van der Waals surface area (Å²) in [5.41, 5.74) is 0. The Hall–Kier alpha value is -2.16. The number of aryl methyl sites for hydroxylation is 1. The fourth-order valence-electron chi connectivity index (χ4n) is 2.83. The first kappa shape index (κ1) is 20.2. The van der Waals surface area contributed by atoms with Gasteiger partial charge in [0.15, 0.2) is 11.8 Å². The predicted molar refractivity (Wildman–Crippen MR) is 99.7 cm³/mol. The van der Waals surface area contributed by atoms with Crippen molar-refractivity contribution in [2.75, 3.05) is 32.7 Å². The molecule has 1 aliphatic heterocycles. The van der Waals surface area contributed by atoms with Gasteiger partial charge in [-0.2, -0.15) is 4.98 Å². The van der Waals surface area contributed by atoms with E-state index in [0.29, 0.717) is 30.8 Å². The van der Waals surface area contributed by atoms with Crippen molar-refractivity contribution in [1.82, 2.24) is 31.0 Å². The summed E-state index contributed by atoms with van der Waals surface area (Å²) in [6.07, 6.45) is 2.92. The molecule has 0 bridgehead atoms. The number of carbonyl (C=O) groups is 1. The monoisotopic (exact) mass is 365 g/mol. The van der Waals surface area contributed by atoms with Crippen LogP contribution in [0.2, 0.25) is 0 Å². The average Bonchev–Trinajstić information content (AvgIpc) is 3.05. The average molecular weight is 365 g/mol. The summed E-state index contributed by atoms with van der Waals surface area (Å²) in [6, 6.07) is 0.342. The van der Waals surface area contributed by atoms with E-state index in [4.69, 9.17) is 4.52 Å². The maximum absolute atomic E-state index is 11.8. The molecule has 2 rings (SSSR count). The van der Waals surface area contributed by atoms with Gasteiger partial charge in [-0.1, -0.05) is 12.1 Å². The maximum Gasteiger partial charge on any atom is 0.234 e. The molecule has 1 aromatic rings. The molecular formula is C17H31N7O2. The van der Waals surface area contributed by atoms with Gasteiger partial charge in [0.2, 0.25) is 11.8 Å². The molecule has 26 heavy (non-hydrogen) atoms. The summed E-state index contributed by atoms with van der Waals surface area (Å²) in [7, 11) is 0. The van der Waals surface area contributed by atoms with Gasteiger partial charge in [0.1, 0.15) is 6.54 Å². The summed E-state index contributed by atoms with van der Waals surface area (Å²) in [6.45, 7) is 10.1. The molecule has 3 N–H and O–H groups in total. The van der Waals surface area contributed by atoms with E-state index in [1.165, 1.54) is 0 Å². The van der Waals surface area contributed by atoms with Crippen molar-refractivity contribution in [2.24, 2.45) is 4.99 Å². The van der Waals surface area contributed by atoms with E-state index < -0.39 is 0 Å². The van der Waals surface area contributed by atoms with Crippen LogP contribution < -0.4 is 16.0 Å². The van der Waals surface area contributed by atoms with Crippen LogP contribution in [0.15, 0.2) is 9.52 Å². The van der Waals surface area contributed by atoms with Crippen molar-refractivity contribution >= 4 is 11.9 Å². The zero-order valence-corrected chi connectivity index (χ0v) is 16.0. The molecular weight excluding hydrogens is 334 g/mol. The lowest BCUT2D eigenvalue weighted by Crippen LogP contribution is -2.50. The third-order valence-corrected chi connectivity index (χ3v) is 4.16. The first-order valence-electron chi connectivity index (χ1n) is 9.43. The third-order valence-electron chi connectivity index (χ3n) is 4.16.